The molecule has 1 aliphatic rings. The first-order valence-electron chi connectivity index (χ1n) is 5.31. The molecule has 0 radical (unpaired) electrons. The Morgan fingerprint density at radius 1 is 1.50 bits per heavy atom. The molecule has 1 atom stereocenters. The third kappa shape index (κ3) is 2.02. The number of aliphatic hydroxyl groups excluding tert-OH is 1. The van der Waals surface area contributed by atoms with Gasteiger partial charge in [0.1, 0.15) is 5.82 Å². The van der Waals surface area contributed by atoms with Crippen LogP contribution in [0.5, 0.6) is 0 Å². The molecule has 0 aliphatic carbocycles. The highest BCUT2D eigenvalue weighted by molar-refractivity contribution is 6.31. The highest BCUT2D eigenvalue weighted by Gasteiger charge is 2.37. The molecule has 0 bridgehead atoms. The van der Waals surface area contributed by atoms with Gasteiger partial charge in [0.2, 0.25) is 0 Å². The molecule has 16 heavy (non-hydrogen) atoms. The van der Waals surface area contributed by atoms with Gasteiger partial charge in [-0.15, -0.1) is 0 Å². The van der Waals surface area contributed by atoms with Crippen molar-refractivity contribution < 1.29 is 9.50 Å². The Bertz CT molecular complexity index is 408. The predicted molar refractivity (Wildman–Crippen MR) is 63.5 cm³/mol. The minimum absolute atomic E-state index is 0.120. The molecule has 1 aromatic rings. The fourth-order valence-corrected chi connectivity index (χ4v) is 2.49. The van der Waals surface area contributed by atoms with Gasteiger partial charge in [0.05, 0.1) is 11.1 Å². The summed E-state index contributed by atoms with van der Waals surface area (Å²) < 4.78 is 13.1. The van der Waals surface area contributed by atoms with E-state index in [4.69, 9.17) is 11.6 Å². The SMILES string of the molecule is CC1(C)CC(O)CN1c1ccc(F)c(Cl)c1. The number of halogens is 2. The lowest BCUT2D eigenvalue weighted by Gasteiger charge is -2.33. The Morgan fingerprint density at radius 2 is 2.19 bits per heavy atom. The van der Waals surface area contributed by atoms with Crippen molar-refractivity contribution in [3.8, 4) is 0 Å². The first-order valence-corrected chi connectivity index (χ1v) is 5.69. The molecule has 1 heterocycles. The number of hydrogen-bond donors (Lipinski definition) is 1. The van der Waals surface area contributed by atoms with Gasteiger partial charge in [0, 0.05) is 17.8 Å². The van der Waals surface area contributed by atoms with Crippen LogP contribution in [0.3, 0.4) is 0 Å². The Morgan fingerprint density at radius 3 is 2.69 bits per heavy atom. The number of nitrogens with zero attached hydrogens (tertiary/aromatic N) is 1. The van der Waals surface area contributed by atoms with E-state index in [0.717, 1.165) is 5.69 Å². The van der Waals surface area contributed by atoms with Crippen LogP contribution in [-0.2, 0) is 0 Å². The highest BCUT2D eigenvalue weighted by Crippen LogP contribution is 2.35. The van der Waals surface area contributed by atoms with Crippen LogP contribution in [0.2, 0.25) is 5.02 Å². The summed E-state index contributed by atoms with van der Waals surface area (Å²) >= 11 is 5.76. The van der Waals surface area contributed by atoms with E-state index in [1.165, 1.54) is 6.07 Å². The standard InChI is InChI=1S/C12H15ClFNO/c1-12(2)6-9(16)7-15(12)8-3-4-11(14)10(13)5-8/h3-5,9,16H,6-7H2,1-2H3. The molecule has 4 heteroatoms. The van der Waals surface area contributed by atoms with Crippen molar-refractivity contribution in [3.63, 3.8) is 0 Å². The van der Waals surface area contributed by atoms with Crippen LogP contribution in [-0.4, -0.2) is 23.3 Å². The third-order valence-electron chi connectivity index (χ3n) is 3.07. The van der Waals surface area contributed by atoms with E-state index in [1.54, 1.807) is 12.1 Å². The van der Waals surface area contributed by atoms with Gasteiger partial charge < -0.3 is 10.0 Å². The minimum Gasteiger partial charge on any atom is -0.391 e. The number of β-amino-alcohol motifs (C(OH)–C–C–N with tert-alkyl or cyclic N) is 1. The first kappa shape index (κ1) is 11.7. The molecule has 1 aromatic carbocycles. The van der Waals surface area contributed by atoms with Gasteiger partial charge in [0.15, 0.2) is 0 Å². The van der Waals surface area contributed by atoms with Crippen LogP contribution in [0.15, 0.2) is 18.2 Å². The highest BCUT2D eigenvalue weighted by atomic mass is 35.5. The molecular weight excluding hydrogens is 229 g/mol. The van der Waals surface area contributed by atoms with Gasteiger partial charge in [-0.05, 0) is 38.5 Å². The normalized spacial score (nSPS) is 23.8. The summed E-state index contributed by atoms with van der Waals surface area (Å²) in [5, 5.41) is 9.79. The first-order chi connectivity index (χ1) is 7.40. The Labute approximate surface area is 99.6 Å². The maximum absolute atomic E-state index is 13.1. The molecule has 0 saturated carbocycles. The molecule has 1 unspecified atom stereocenters. The summed E-state index contributed by atoms with van der Waals surface area (Å²) in [4.78, 5) is 2.06. The van der Waals surface area contributed by atoms with Crippen LogP contribution in [0, 0.1) is 5.82 Å². The van der Waals surface area contributed by atoms with Gasteiger partial charge in [-0.1, -0.05) is 11.6 Å². The van der Waals surface area contributed by atoms with Crippen LogP contribution >= 0.6 is 11.6 Å². The Hall–Kier alpha value is -0.800. The van der Waals surface area contributed by atoms with E-state index >= 15 is 0 Å². The topological polar surface area (TPSA) is 23.5 Å². The van der Waals surface area contributed by atoms with Crippen LogP contribution in [0.1, 0.15) is 20.3 Å². The molecule has 88 valence electrons. The van der Waals surface area contributed by atoms with Crippen molar-refractivity contribution in [2.75, 3.05) is 11.4 Å². The second kappa shape index (κ2) is 3.90. The summed E-state index contributed by atoms with van der Waals surface area (Å²) in [6.07, 6.45) is 0.376. The van der Waals surface area contributed by atoms with Crippen molar-refractivity contribution in [1.82, 2.24) is 0 Å². The summed E-state index contributed by atoms with van der Waals surface area (Å²) in [6, 6.07) is 4.66. The molecule has 0 spiro atoms. The number of hydrogen-bond acceptors (Lipinski definition) is 2. The van der Waals surface area contributed by atoms with Crippen molar-refractivity contribution >= 4 is 17.3 Å². The summed E-state index contributed by atoms with van der Waals surface area (Å²) in [6.45, 7) is 4.68. The number of benzene rings is 1. The molecule has 1 N–H and O–H groups in total. The molecule has 2 rings (SSSR count). The van der Waals surface area contributed by atoms with Crippen LogP contribution < -0.4 is 4.90 Å². The average molecular weight is 244 g/mol. The number of rotatable bonds is 1. The van der Waals surface area contributed by atoms with Crippen molar-refractivity contribution in [2.45, 2.75) is 31.9 Å². The predicted octanol–water partition coefficient (Wildman–Crippen LogP) is 2.83. The van der Waals surface area contributed by atoms with E-state index in [1.807, 2.05) is 0 Å². The van der Waals surface area contributed by atoms with Crippen molar-refractivity contribution in [3.05, 3.63) is 29.0 Å². The minimum atomic E-state index is -0.414. The lowest BCUT2D eigenvalue weighted by atomic mass is 10.0. The fourth-order valence-electron chi connectivity index (χ4n) is 2.32. The molecule has 1 fully saturated rings. The van der Waals surface area contributed by atoms with Crippen LogP contribution in [0.4, 0.5) is 10.1 Å². The summed E-state index contributed by atoms with van der Waals surface area (Å²) in [5.74, 6) is -0.414. The fraction of sp³-hybridized carbons (Fsp3) is 0.500. The molecule has 0 aromatic heterocycles. The quantitative estimate of drug-likeness (QED) is 0.820. The van der Waals surface area contributed by atoms with Crippen molar-refractivity contribution in [2.24, 2.45) is 0 Å². The molecule has 2 nitrogen and oxygen atoms in total. The number of anilines is 1. The van der Waals surface area contributed by atoms with Gasteiger partial charge in [0.25, 0.3) is 0 Å². The van der Waals surface area contributed by atoms with Gasteiger partial charge in [-0.25, -0.2) is 4.39 Å². The van der Waals surface area contributed by atoms with E-state index in [-0.39, 0.29) is 16.7 Å². The monoisotopic (exact) mass is 243 g/mol. The molecule has 0 amide bonds. The summed E-state index contributed by atoms with van der Waals surface area (Å²) in [7, 11) is 0. The zero-order valence-electron chi connectivity index (χ0n) is 9.37. The average Bonchev–Trinajstić information content (AvgIpc) is 2.44. The molecule has 1 aliphatic heterocycles. The zero-order chi connectivity index (χ0) is 11.9. The third-order valence-corrected chi connectivity index (χ3v) is 3.36. The smallest absolute Gasteiger partial charge is 0.141 e. The summed E-state index contributed by atoms with van der Waals surface area (Å²) in [5.41, 5.74) is 0.730. The van der Waals surface area contributed by atoms with E-state index in [9.17, 15) is 9.50 Å². The molecular formula is C12H15ClFNO. The van der Waals surface area contributed by atoms with E-state index in [2.05, 4.69) is 18.7 Å². The zero-order valence-corrected chi connectivity index (χ0v) is 10.1. The molecule has 1 saturated heterocycles. The van der Waals surface area contributed by atoms with Crippen molar-refractivity contribution in [1.29, 1.82) is 0 Å². The largest absolute Gasteiger partial charge is 0.391 e. The van der Waals surface area contributed by atoms with Crippen LogP contribution in [0.25, 0.3) is 0 Å². The van der Waals surface area contributed by atoms with Gasteiger partial charge >= 0.3 is 0 Å². The lowest BCUT2D eigenvalue weighted by molar-refractivity contribution is 0.188. The Balaban J connectivity index is 2.34. The van der Waals surface area contributed by atoms with Gasteiger partial charge in [-0.3, -0.25) is 0 Å². The second-order valence-corrected chi connectivity index (χ2v) is 5.29. The Kier molecular flexibility index (Phi) is 2.84. The maximum Gasteiger partial charge on any atom is 0.141 e. The second-order valence-electron chi connectivity index (χ2n) is 4.88. The number of aliphatic hydroxyl groups is 1. The lowest BCUT2D eigenvalue weighted by Crippen LogP contribution is -2.38. The maximum atomic E-state index is 13.1. The van der Waals surface area contributed by atoms with E-state index in [0.29, 0.717) is 13.0 Å². The van der Waals surface area contributed by atoms with Gasteiger partial charge in [-0.2, -0.15) is 0 Å². The van der Waals surface area contributed by atoms with E-state index < -0.39 is 5.82 Å².